The molecule has 2 amide bonds. The third kappa shape index (κ3) is 4.54. The van der Waals surface area contributed by atoms with Crippen molar-refractivity contribution < 1.29 is 19.1 Å². The Hall–Kier alpha value is -2.02. The van der Waals surface area contributed by atoms with E-state index in [0.29, 0.717) is 11.3 Å². The maximum absolute atomic E-state index is 12.2. The van der Waals surface area contributed by atoms with E-state index < -0.39 is 5.97 Å². The van der Waals surface area contributed by atoms with E-state index >= 15 is 0 Å². The second-order valence-corrected chi connectivity index (χ2v) is 7.82. The zero-order chi connectivity index (χ0) is 17.8. The Kier molecular flexibility index (Phi) is 5.63. The Morgan fingerprint density at radius 1 is 1.28 bits per heavy atom. The summed E-state index contributed by atoms with van der Waals surface area (Å²) < 4.78 is 5.10. The lowest BCUT2D eigenvalue weighted by molar-refractivity contribution is -0.125. The monoisotopic (exact) mass is 362 g/mol. The number of carbonyl (C=O) groups excluding carboxylic acids is 3. The Bertz CT molecular complexity index is 686. The van der Waals surface area contributed by atoms with Gasteiger partial charge in [-0.2, -0.15) is 0 Å². The number of anilines is 1. The van der Waals surface area contributed by atoms with Gasteiger partial charge in [-0.25, -0.2) is 4.79 Å². The highest BCUT2D eigenvalue weighted by molar-refractivity contribution is 8.00. The van der Waals surface area contributed by atoms with E-state index in [4.69, 9.17) is 4.74 Å². The van der Waals surface area contributed by atoms with Crippen LogP contribution in [-0.4, -0.2) is 35.7 Å². The van der Waals surface area contributed by atoms with E-state index in [0.717, 1.165) is 30.6 Å². The minimum atomic E-state index is -0.570. The van der Waals surface area contributed by atoms with Crippen molar-refractivity contribution in [2.24, 2.45) is 0 Å². The molecular weight excluding hydrogens is 340 g/mol. The number of carbonyl (C=O) groups is 3. The summed E-state index contributed by atoms with van der Waals surface area (Å²) in [5, 5.41) is 5.53. The molecule has 1 aromatic rings. The first-order chi connectivity index (χ1) is 12.0. The second-order valence-electron chi connectivity index (χ2n) is 6.44. The van der Waals surface area contributed by atoms with Crippen molar-refractivity contribution >= 4 is 35.2 Å². The van der Waals surface area contributed by atoms with Crippen LogP contribution in [0.2, 0.25) is 0 Å². The standard InChI is InChI=1S/C18H22N2O4S/c1-11-17(22)20-14-9-12(7-8-15(14)25-11)18(23)24-10-16(21)19-13-5-3-2-4-6-13/h7-9,11,13H,2-6,10H2,1H3,(H,19,21)(H,20,22). The molecule has 25 heavy (non-hydrogen) atoms. The van der Waals surface area contributed by atoms with Crippen molar-refractivity contribution in [3.63, 3.8) is 0 Å². The summed E-state index contributed by atoms with van der Waals surface area (Å²) in [4.78, 5) is 36.7. The quantitative estimate of drug-likeness (QED) is 0.805. The predicted molar refractivity (Wildman–Crippen MR) is 95.7 cm³/mol. The number of fused-ring (bicyclic) bond motifs is 1. The van der Waals surface area contributed by atoms with Gasteiger partial charge in [-0.1, -0.05) is 19.3 Å². The van der Waals surface area contributed by atoms with Crippen LogP contribution in [0.1, 0.15) is 49.4 Å². The highest BCUT2D eigenvalue weighted by atomic mass is 32.2. The molecule has 1 atom stereocenters. The number of nitrogens with one attached hydrogen (secondary N) is 2. The maximum atomic E-state index is 12.2. The summed E-state index contributed by atoms with van der Waals surface area (Å²) in [7, 11) is 0. The molecule has 0 spiro atoms. The Morgan fingerprint density at radius 3 is 2.80 bits per heavy atom. The maximum Gasteiger partial charge on any atom is 0.338 e. The zero-order valence-electron chi connectivity index (χ0n) is 14.2. The van der Waals surface area contributed by atoms with Gasteiger partial charge < -0.3 is 15.4 Å². The summed E-state index contributed by atoms with van der Waals surface area (Å²) in [5.74, 6) is -0.926. The Labute approximate surface area is 151 Å². The topological polar surface area (TPSA) is 84.5 Å². The number of hydrogen-bond donors (Lipinski definition) is 2. The summed E-state index contributed by atoms with van der Waals surface area (Å²) in [5.41, 5.74) is 0.925. The SMILES string of the molecule is CC1Sc2ccc(C(=O)OCC(=O)NC3CCCCC3)cc2NC1=O. The molecule has 3 rings (SSSR count). The molecule has 2 N–H and O–H groups in total. The minimum Gasteiger partial charge on any atom is -0.452 e. The highest BCUT2D eigenvalue weighted by Gasteiger charge is 2.24. The number of hydrogen-bond acceptors (Lipinski definition) is 5. The lowest BCUT2D eigenvalue weighted by Gasteiger charge is -2.22. The van der Waals surface area contributed by atoms with Gasteiger partial charge in [0.1, 0.15) is 0 Å². The van der Waals surface area contributed by atoms with Crippen LogP contribution in [0.5, 0.6) is 0 Å². The van der Waals surface area contributed by atoms with Crippen molar-refractivity contribution in [2.75, 3.05) is 11.9 Å². The van der Waals surface area contributed by atoms with Crippen LogP contribution in [0.15, 0.2) is 23.1 Å². The molecule has 0 bridgehead atoms. The molecule has 2 aliphatic rings. The molecule has 1 saturated carbocycles. The zero-order valence-corrected chi connectivity index (χ0v) is 15.0. The lowest BCUT2D eigenvalue weighted by atomic mass is 9.95. The molecule has 7 heteroatoms. The number of esters is 1. The van der Waals surface area contributed by atoms with E-state index in [1.165, 1.54) is 18.2 Å². The molecule has 1 heterocycles. The van der Waals surface area contributed by atoms with E-state index in [2.05, 4.69) is 10.6 Å². The fraction of sp³-hybridized carbons (Fsp3) is 0.500. The number of benzene rings is 1. The van der Waals surface area contributed by atoms with Gasteiger partial charge in [0.25, 0.3) is 5.91 Å². The van der Waals surface area contributed by atoms with E-state index in [9.17, 15) is 14.4 Å². The fourth-order valence-electron chi connectivity index (χ4n) is 3.07. The molecule has 0 aromatic heterocycles. The van der Waals surface area contributed by atoms with Gasteiger partial charge in [0.15, 0.2) is 6.61 Å². The van der Waals surface area contributed by atoms with Crippen LogP contribution in [0.4, 0.5) is 5.69 Å². The molecule has 1 fully saturated rings. The van der Waals surface area contributed by atoms with Crippen LogP contribution >= 0.6 is 11.8 Å². The molecule has 1 aromatic carbocycles. The van der Waals surface area contributed by atoms with Gasteiger partial charge in [0.05, 0.1) is 16.5 Å². The molecular formula is C18H22N2O4S. The van der Waals surface area contributed by atoms with E-state index in [1.54, 1.807) is 18.2 Å². The van der Waals surface area contributed by atoms with Crippen LogP contribution in [-0.2, 0) is 14.3 Å². The number of amides is 2. The van der Waals surface area contributed by atoms with Crippen molar-refractivity contribution in [3.8, 4) is 0 Å². The molecule has 1 aliphatic carbocycles. The second kappa shape index (κ2) is 7.91. The Balaban J connectivity index is 1.54. The average molecular weight is 362 g/mol. The van der Waals surface area contributed by atoms with Crippen LogP contribution in [0.25, 0.3) is 0 Å². The van der Waals surface area contributed by atoms with Crippen molar-refractivity contribution in [1.29, 1.82) is 0 Å². The largest absolute Gasteiger partial charge is 0.452 e. The Morgan fingerprint density at radius 2 is 2.04 bits per heavy atom. The molecule has 134 valence electrons. The fourth-order valence-corrected chi connectivity index (χ4v) is 4.00. The molecule has 0 saturated heterocycles. The first-order valence-electron chi connectivity index (χ1n) is 8.61. The van der Waals surface area contributed by atoms with Crippen molar-refractivity contribution in [3.05, 3.63) is 23.8 Å². The number of ether oxygens (including phenoxy) is 1. The molecule has 6 nitrogen and oxygen atoms in total. The van der Waals surface area contributed by atoms with E-state index in [1.807, 2.05) is 6.92 Å². The van der Waals surface area contributed by atoms with Crippen molar-refractivity contribution in [1.82, 2.24) is 5.32 Å². The first kappa shape index (κ1) is 17.8. The highest BCUT2D eigenvalue weighted by Crippen LogP contribution is 2.36. The molecule has 1 unspecified atom stereocenters. The summed E-state index contributed by atoms with van der Waals surface area (Å²) in [6.07, 6.45) is 5.44. The minimum absolute atomic E-state index is 0.0881. The third-order valence-electron chi connectivity index (χ3n) is 4.45. The summed E-state index contributed by atoms with van der Waals surface area (Å²) >= 11 is 1.45. The van der Waals surface area contributed by atoms with Gasteiger partial charge in [-0.15, -0.1) is 11.8 Å². The van der Waals surface area contributed by atoms with Crippen LogP contribution in [0, 0.1) is 0 Å². The van der Waals surface area contributed by atoms with Crippen LogP contribution < -0.4 is 10.6 Å². The first-order valence-corrected chi connectivity index (χ1v) is 9.49. The van der Waals surface area contributed by atoms with Gasteiger partial charge in [-0.3, -0.25) is 9.59 Å². The average Bonchev–Trinajstić information content (AvgIpc) is 2.61. The molecule has 1 aliphatic heterocycles. The third-order valence-corrected chi connectivity index (χ3v) is 5.63. The van der Waals surface area contributed by atoms with Gasteiger partial charge in [0.2, 0.25) is 5.91 Å². The summed E-state index contributed by atoms with van der Waals surface area (Å²) in [6.45, 7) is 1.54. The van der Waals surface area contributed by atoms with Gasteiger partial charge in [0, 0.05) is 10.9 Å². The normalized spacial score (nSPS) is 20.4. The van der Waals surface area contributed by atoms with Gasteiger partial charge in [-0.05, 0) is 38.0 Å². The number of rotatable bonds is 4. The summed E-state index contributed by atoms with van der Waals surface area (Å²) in [6, 6.07) is 5.22. The van der Waals surface area contributed by atoms with Crippen LogP contribution in [0.3, 0.4) is 0 Å². The molecule has 0 radical (unpaired) electrons. The number of thioether (sulfide) groups is 1. The lowest BCUT2D eigenvalue weighted by Crippen LogP contribution is -2.38. The van der Waals surface area contributed by atoms with Gasteiger partial charge >= 0.3 is 5.97 Å². The predicted octanol–water partition coefficient (Wildman–Crippen LogP) is 2.73. The smallest absolute Gasteiger partial charge is 0.338 e. The van der Waals surface area contributed by atoms with E-state index in [-0.39, 0.29) is 29.7 Å². The van der Waals surface area contributed by atoms with Crippen molar-refractivity contribution in [2.45, 2.75) is 55.2 Å².